The highest BCUT2D eigenvalue weighted by molar-refractivity contribution is 6.38. The molecule has 0 aliphatic rings. The molecule has 0 aromatic carbocycles. The zero-order valence-electron chi connectivity index (χ0n) is 6.65. The van der Waals surface area contributed by atoms with Gasteiger partial charge in [0.25, 0.3) is 5.91 Å². The van der Waals surface area contributed by atoms with E-state index in [-0.39, 0.29) is 0 Å². The normalized spacial score (nSPS) is 10.5. The number of allylic oxidation sites excluding steroid dienone is 2. The van der Waals surface area contributed by atoms with Crippen LogP contribution in [-0.4, -0.2) is 10.8 Å². The van der Waals surface area contributed by atoms with Crippen molar-refractivity contribution in [2.75, 3.05) is 0 Å². The van der Waals surface area contributed by atoms with Gasteiger partial charge in [-0.1, -0.05) is 12.2 Å². The van der Waals surface area contributed by atoms with Gasteiger partial charge in [0, 0.05) is 11.8 Å². The van der Waals surface area contributed by atoms with Crippen LogP contribution >= 0.6 is 23.4 Å². The van der Waals surface area contributed by atoms with E-state index >= 15 is 0 Å². The number of hydrogen-bond acceptors (Lipinski definition) is 1. The Morgan fingerprint density at radius 3 is 2.08 bits per heavy atom. The summed E-state index contributed by atoms with van der Waals surface area (Å²) >= 11 is 11.1. The quantitative estimate of drug-likeness (QED) is 0.419. The Balaban J connectivity index is 4.46. The van der Waals surface area contributed by atoms with Crippen molar-refractivity contribution in [1.29, 1.82) is 0 Å². The molecule has 0 spiro atoms. The van der Waals surface area contributed by atoms with Crippen LogP contribution in [0.4, 0.5) is 0 Å². The zero-order chi connectivity index (χ0) is 9.61. The van der Waals surface area contributed by atoms with Crippen LogP contribution in [0.25, 0.3) is 0 Å². The molecule has 0 aromatic heterocycles. The van der Waals surface area contributed by atoms with Crippen LogP contribution in [0, 0.1) is 0 Å². The van der Waals surface area contributed by atoms with E-state index < -0.39 is 10.8 Å². The maximum Gasteiger partial charge on any atom is 0.256 e. The topological polar surface area (TPSA) is 29.1 Å². The minimum Gasteiger partial charge on any atom is -0.272 e. The van der Waals surface area contributed by atoms with Gasteiger partial charge in [0.15, 0.2) is 0 Å². The summed E-state index contributed by atoms with van der Waals surface area (Å²) < 4.78 is 0. The van der Waals surface area contributed by atoms with Crippen molar-refractivity contribution in [2.45, 2.75) is 17.7 Å². The average molecular weight is 208 g/mol. The van der Waals surface area contributed by atoms with E-state index in [1.807, 2.05) is 4.84 Å². The molecule has 12 heavy (non-hydrogen) atoms. The zero-order valence-corrected chi connectivity index (χ0v) is 8.16. The summed E-state index contributed by atoms with van der Waals surface area (Å²) in [6, 6.07) is 0. The molecule has 0 aliphatic carbocycles. The molecule has 2 nitrogen and oxygen atoms in total. The van der Waals surface area contributed by atoms with Crippen LogP contribution in [0.1, 0.15) is 12.8 Å². The van der Waals surface area contributed by atoms with Crippen molar-refractivity contribution in [3.05, 3.63) is 25.3 Å². The molecule has 0 bridgehead atoms. The highest BCUT2D eigenvalue weighted by Gasteiger charge is 2.33. The summed E-state index contributed by atoms with van der Waals surface area (Å²) in [7, 11) is 0. The van der Waals surface area contributed by atoms with E-state index in [4.69, 9.17) is 23.4 Å². The standard InChI is InChI=1S/C8H11Cl2NO/c1-3-5-8(9,6-4-2)7(12)11-10/h3-4H,1-2,5-6H2,(H,11,12). The molecule has 0 radical (unpaired) electrons. The second kappa shape index (κ2) is 5.22. The van der Waals surface area contributed by atoms with Gasteiger partial charge in [0.2, 0.25) is 0 Å². The minimum atomic E-state index is -1.04. The highest BCUT2D eigenvalue weighted by Crippen LogP contribution is 2.25. The first-order chi connectivity index (χ1) is 5.60. The van der Waals surface area contributed by atoms with Crippen LogP contribution < -0.4 is 4.84 Å². The fourth-order valence-electron chi connectivity index (χ4n) is 0.811. The Morgan fingerprint density at radius 1 is 1.42 bits per heavy atom. The summed E-state index contributed by atoms with van der Waals surface area (Å²) in [6.45, 7) is 7.01. The summed E-state index contributed by atoms with van der Waals surface area (Å²) in [5.41, 5.74) is 0. The average Bonchev–Trinajstić information content (AvgIpc) is 2.04. The Kier molecular flexibility index (Phi) is 5.02. The monoisotopic (exact) mass is 207 g/mol. The Morgan fingerprint density at radius 2 is 1.83 bits per heavy atom. The molecule has 68 valence electrons. The van der Waals surface area contributed by atoms with E-state index in [9.17, 15) is 4.79 Å². The predicted octanol–water partition coefficient (Wildman–Crippen LogP) is 2.39. The molecule has 0 fully saturated rings. The predicted molar refractivity (Wildman–Crippen MR) is 52.2 cm³/mol. The Hall–Kier alpha value is -0.470. The van der Waals surface area contributed by atoms with E-state index in [0.29, 0.717) is 12.8 Å². The van der Waals surface area contributed by atoms with Crippen LogP contribution in [0.2, 0.25) is 0 Å². The van der Waals surface area contributed by atoms with Crippen molar-refractivity contribution in [3.63, 3.8) is 0 Å². The second-order valence-corrected chi connectivity index (χ2v) is 3.29. The molecule has 4 heteroatoms. The number of carbonyl (C=O) groups excluding carboxylic acids is 1. The third kappa shape index (κ3) is 2.88. The van der Waals surface area contributed by atoms with E-state index in [1.54, 1.807) is 12.2 Å². The molecular formula is C8H11Cl2NO. The molecule has 0 heterocycles. The van der Waals surface area contributed by atoms with E-state index in [0.717, 1.165) is 0 Å². The molecule has 0 aromatic rings. The number of alkyl halides is 1. The maximum absolute atomic E-state index is 11.1. The summed E-state index contributed by atoms with van der Waals surface area (Å²) in [4.78, 5) is 12.1. The molecule has 0 aliphatic heterocycles. The van der Waals surface area contributed by atoms with Crippen LogP contribution in [0.15, 0.2) is 25.3 Å². The van der Waals surface area contributed by atoms with Gasteiger partial charge in [-0.05, 0) is 12.8 Å². The van der Waals surface area contributed by atoms with Gasteiger partial charge >= 0.3 is 0 Å². The second-order valence-electron chi connectivity index (χ2n) is 2.37. The van der Waals surface area contributed by atoms with Gasteiger partial charge in [-0.15, -0.1) is 24.8 Å². The maximum atomic E-state index is 11.1. The molecule has 0 saturated heterocycles. The lowest BCUT2D eigenvalue weighted by molar-refractivity contribution is -0.121. The fraction of sp³-hybridized carbons (Fsp3) is 0.375. The number of nitrogens with one attached hydrogen (secondary N) is 1. The van der Waals surface area contributed by atoms with Gasteiger partial charge in [-0.3, -0.25) is 9.63 Å². The van der Waals surface area contributed by atoms with Crippen molar-refractivity contribution in [3.8, 4) is 0 Å². The van der Waals surface area contributed by atoms with E-state index in [1.165, 1.54) is 0 Å². The molecule has 0 saturated carbocycles. The smallest absolute Gasteiger partial charge is 0.256 e. The number of halogens is 2. The van der Waals surface area contributed by atoms with Crippen molar-refractivity contribution in [1.82, 2.24) is 4.84 Å². The number of carbonyl (C=O) groups is 1. The van der Waals surface area contributed by atoms with Crippen molar-refractivity contribution in [2.24, 2.45) is 0 Å². The van der Waals surface area contributed by atoms with Crippen LogP contribution in [-0.2, 0) is 4.79 Å². The largest absolute Gasteiger partial charge is 0.272 e. The fourth-order valence-corrected chi connectivity index (χ4v) is 1.31. The SMILES string of the molecule is C=CCC(Cl)(CC=C)C(=O)NCl. The lowest BCUT2D eigenvalue weighted by Crippen LogP contribution is -2.37. The van der Waals surface area contributed by atoms with Crippen molar-refractivity contribution < 1.29 is 4.79 Å². The molecule has 0 unspecified atom stereocenters. The van der Waals surface area contributed by atoms with E-state index in [2.05, 4.69) is 13.2 Å². The van der Waals surface area contributed by atoms with Gasteiger partial charge in [0.1, 0.15) is 4.87 Å². The van der Waals surface area contributed by atoms with Crippen LogP contribution in [0.3, 0.4) is 0 Å². The summed E-state index contributed by atoms with van der Waals surface area (Å²) in [5, 5.41) is 0. The third-order valence-electron chi connectivity index (χ3n) is 1.43. The number of rotatable bonds is 5. The summed E-state index contributed by atoms with van der Waals surface area (Å²) in [6.07, 6.45) is 3.86. The van der Waals surface area contributed by atoms with Crippen molar-refractivity contribution >= 4 is 29.3 Å². The van der Waals surface area contributed by atoms with Crippen LogP contribution in [0.5, 0.6) is 0 Å². The molecule has 1 amide bonds. The minimum absolute atomic E-state index is 0.360. The Labute approximate surface area is 82.3 Å². The van der Waals surface area contributed by atoms with Gasteiger partial charge in [-0.2, -0.15) is 0 Å². The first-order valence-electron chi connectivity index (χ1n) is 3.42. The number of amides is 1. The first-order valence-corrected chi connectivity index (χ1v) is 4.18. The third-order valence-corrected chi connectivity index (χ3v) is 2.08. The van der Waals surface area contributed by atoms with Gasteiger partial charge in [-0.25, -0.2) is 0 Å². The van der Waals surface area contributed by atoms with Gasteiger partial charge in [0.05, 0.1) is 0 Å². The number of hydrogen-bond donors (Lipinski definition) is 1. The first kappa shape index (κ1) is 11.5. The summed E-state index contributed by atoms with van der Waals surface area (Å²) in [5.74, 6) is -0.425. The lowest BCUT2D eigenvalue weighted by atomic mass is 10.00. The molecule has 0 atom stereocenters. The Bertz CT molecular complexity index is 181. The molecular weight excluding hydrogens is 197 g/mol. The highest BCUT2D eigenvalue weighted by atomic mass is 35.5. The van der Waals surface area contributed by atoms with Gasteiger partial charge < -0.3 is 0 Å². The lowest BCUT2D eigenvalue weighted by Gasteiger charge is -2.20. The molecule has 1 N–H and O–H groups in total. The molecule has 0 rings (SSSR count).